The molecule has 1 aliphatic heterocycles. The van der Waals surface area contributed by atoms with Crippen LogP contribution in [0.5, 0.6) is 11.5 Å². The van der Waals surface area contributed by atoms with Crippen LogP contribution in [0, 0.1) is 0 Å². The second-order valence-electron chi connectivity index (χ2n) is 5.56. The fourth-order valence-electron chi connectivity index (χ4n) is 2.69. The van der Waals surface area contributed by atoms with Crippen molar-refractivity contribution < 1.29 is 14.0 Å². The maximum Gasteiger partial charge on any atom is 0.237 e. The van der Waals surface area contributed by atoms with E-state index >= 15 is 0 Å². The first kappa shape index (κ1) is 15.2. The fraction of sp³-hybridized carbons (Fsp3) is 0.111. The van der Waals surface area contributed by atoms with Gasteiger partial charge < -0.3 is 14.0 Å². The van der Waals surface area contributed by atoms with E-state index < -0.39 is 0 Å². The van der Waals surface area contributed by atoms with E-state index in [0.29, 0.717) is 23.2 Å². The van der Waals surface area contributed by atoms with Crippen molar-refractivity contribution in [2.45, 2.75) is 10.8 Å². The Hall–Kier alpha value is -3.13. The molecular formula is C18H12N4O3S. The lowest BCUT2D eigenvalue weighted by molar-refractivity contribution is 0.174. The molecule has 0 fully saturated rings. The molecule has 0 saturated carbocycles. The summed E-state index contributed by atoms with van der Waals surface area (Å²) >= 11 is 1.54. The normalized spacial score (nSPS) is 12.6. The molecule has 0 unspecified atom stereocenters. The molecule has 5 rings (SSSR count). The lowest BCUT2D eigenvalue weighted by atomic mass is 10.2. The van der Waals surface area contributed by atoms with Crippen molar-refractivity contribution >= 4 is 22.7 Å². The number of thioether (sulfide) groups is 1. The Balaban J connectivity index is 1.36. The molecule has 2 aromatic heterocycles. The van der Waals surface area contributed by atoms with Gasteiger partial charge in [-0.3, -0.25) is 0 Å². The van der Waals surface area contributed by atoms with Crippen LogP contribution in [0.4, 0.5) is 0 Å². The standard InChI is InChI=1S/C18H12N4O3S/c1-2-4-13-12(3-1)18(20-9-19-13)26-8-16-21-17(22-25-16)11-5-6-14-15(7-11)24-10-23-14/h1-7,9H,8,10H2. The summed E-state index contributed by atoms with van der Waals surface area (Å²) in [6.45, 7) is 0.236. The third-order valence-electron chi connectivity index (χ3n) is 3.94. The summed E-state index contributed by atoms with van der Waals surface area (Å²) in [5.41, 5.74) is 1.73. The number of hydrogen-bond donors (Lipinski definition) is 0. The van der Waals surface area contributed by atoms with Gasteiger partial charge >= 0.3 is 0 Å². The van der Waals surface area contributed by atoms with Crippen LogP contribution in [0.2, 0.25) is 0 Å². The van der Waals surface area contributed by atoms with Crippen LogP contribution >= 0.6 is 11.8 Å². The smallest absolute Gasteiger partial charge is 0.237 e. The van der Waals surface area contributed by atoms with E-state index in [1.807, 2.05) is 42.5 Å². The Bertz CT molecular complexity index is 1090. The van der Waals surface area contributed by atoms with Crippen molar-refractivity contribution in [3.05, 3.63) is 54.7 Å². The Morgan fingerprint density at radius 3 is 2.92 bits per heavy atom. The number of hydrogen-bond acceptors (Lipinski definition) is 8. The molecule has 0 atom stereocenters. The molecule has 0 spiro atoms. The minimum absolute atomic E-state index is 0.236. The van der Waals surface area contributed by atoms with Gasteiger partial charge in [-0.2, -0.15) is 4.98 Å². The zero-order valence-corrected chi connectivity index (χ0v) is 14.3. The summed E-state index contributed by atoms with van der Waals surface area (Å²) in [6, 6.07) is 13.5. The van der Waals surface area contributed by atoms with E-state index in [1.165, 1.54) is 11.8 Å². The summed E-state index contributed by atoms with van der Waals surface area (Å²) < 4.78 is 16.1. The van der Waals surface area contributed by atoms with Gasteiger partial charge in [0.25, 0.3) is 0 Å². The molecule has 2 aromatic carbocycles. The lowest BCUT2D eigenvalue weighted by Crippen LogP contribution is -1.92. The van der Waals surface area contributed by atoms with Crippen molar-refractivity contribution in [2.75, 3.05) is 6.79 Å². The predicted octanol–water partition coefficient (Wildman–Crippen LogP) is 3.70. The van der Waals surface area contributed by atoms with E-state index in [2.05, 4.69) is 20.1 Å². The molecule has 7 nitrogen and oxygen atoms in total. The Morgan fingerprint density at radius 1 is 1.00 bits per heavy atom. The second-order valence-corrected chi connectivity index (χ2v) is 6.53. The number of ether oxygens (including phenoxy) is 2. The van der Waals surface area contributed by atoms with Crippen molar-refractivity contribution in [3.63, 3.8) is 0 Å². The monoisotopic (exact) mass is 364 g/mol. The Morgan fingerprint density at radius 2 is 1.92 bits per heavy atom. The average Bonchev–Trinajstić information content (AvgIpc) is 3.35. The van der Waals surface area contributed by atoms with Gasteiger partial charge in [0.1, 0.15) is 11.4 Å². The number of aromatic nitrogens is 4. The third-order valence-corrected chi connectivity index (χ3v) is 4.93. The summed E-state index contributed by atoms with van der Waals surface area (Å²) in [4.78, 5) is 13.1. The zero-order chi connectivity index (χ0) is 17.3. The Labute approximate surface area is 152 Å². The first-order valence-corrected chi connectivity index (χ1v) is 8.90. The van der Waals surface area contributed by atoms with E-state index in [-0.39, 0.29) is 6.79 Å². The number of para-hydroxylation sites is 1. The second kappa shape index (κ2) is 6.30. The van der Waals surface area contributed by atoms with Gasteiger partial charge in [0.05, 0.1) is 11.3 Å². The average molecular weight is 364 g/mol. The largest absolute Gasteiger partial charge is 0.454 e. The highest BCUT2D eigenvalue weighted by molar-refractivity contribution is 7.98. The fourth-order valence-corrected chi connectivity index (χ4v) is 3.52. The van der Waals surface area contributed by atoms with Crippen LogP contribution in [0.15, 0.2) is 58.3 Å². The van der Waals surface area contributed by atoms with Crippen LogP contribution in [-0.4, -0.2) is 26.9 Å². The van der Waals surface area contributed by atoms with E-state index in [1.54, 1.807) is 6.33 Å². The highest BCUT2D eigenvalue weighted by Gasteiger charge is 2.17. The van der Waals surface area contributed by atoms with Crippen LogP contribution in [-0.2, 0) is 5.75 Å². The predicted molar refractivity (Wildman–Crippen MR) is 95.0 cm³/mol. The van der Waals surface area contributed by atoms with Crippen LogP contribution in [0.1, 0.15) is 5.89 Å². The summed E-state index contributed by atoms with van der Waals surface area (Å²) in [6.07, 6.45) is 1.57. The van der Waals surface area contributed by atoms with Crippen molar-refractivity contribution in [3.8, 4) is 22.9 Å². The van der Waals surface area contributed by atoms with Gasteiger partial charge in [0.15, 0.2) is 11.5 Å². The third kappa shape index (κ3) is 2.74. The molecular weight excluding hydrogens is 352 g/mol. The first-order valence-electron chi connectivity index (χ1n) is 7.92. The summed E-state index contributed by atoms with van der Waals surface area (Å²) in [5.74, 6) is 3.00. The van der Waals surface area contributed by atoms with Crippen LogP contribution in [0.25, 0.3) is 22.3 Å². The molecule has 26 heavy (non-hydrogen) atoms. The van der Waals surface area contributed by atoms with Gasteiger partial charge in [0, 0.05) is 10.9 Å². The first-order chi connectivity index (χ1) is 12.9. The van der Waals surface area contributed by atoms with Crippen molar-refractivity contribution in [2.24, 2.45) is 0 Å². The highest BCUT2D eigenvalue weighted by atomic mass is 32.2. The van der Waals surface area contributed by atoms with Crippen molar-refractivity contribution in [1.29, 1.82) is 0 Å². The maximum atomic E-state index is 5.39. The number of rotatable bonds is 4. The van der Waals surface area contributed by atoms with E-state index in [4.69, 9.17) is 14.0 Å². The number of nitrogens with zero attached hydrogens (tertiary/aromatic N) is 4. The molecule has 1 aliphatic rings. The van der Waals surface area contributed by atoms with E-state index in [9.17, 15) is 0 Å². The highest BCUT2D eigenvalue weighted by Crippen LogP contribution is 2.35. The minimum atomic E-state index is 0.236. The molecule has 128 valence electrons. The molecule has 0 N–H and O–H groups in total. The zero-order valence-electron chi connectivity index (χ0n) is 13.5. The molecule has 0 radical (unpaired) electrons. The SMILES string of the molecule is c1ccc2c(SCc3nc(-c4ccc5c(c4)OCO5)no3)ncnc2c1. The van der Waals surface area contributed by atoms with Gasteiger partial charge in [-0.15, -0.1) is 0 Å². The van der Waals surface area contributed by atoms with Gasteiger partial charge in [0.2, 0.25) is 18.5 Å². The molecule has 4 aromatic rings. The topological polar surface area (TPSA) is 83.2 Å². The molecule has 0 bridgehead atoms. The summed E-state index contributed by atoms with van der Waals surface area (Å²) in [5, 5.41) is 5.96. The molecule has 3 heterocycles. The Kier molecular flexibility index (Phi) is 3.67. The molecule has 8 heteroatoms. The van der Waals surface area contributed by atoms with Gasteiger partial charge in [-0.25, -0.2) is 9.97 Å². The number of benzene rings is 2. The molecule has 0 aliphatic carbocycles. The van der Waals surface area contributed by atoms with E-state index in [0.717, 1.165) is 27.2 Å². The molecule has 0 amide bonds. The molecule has 0 saturated heterocycles. The van der Waals surface area contributed by atoms with Crippen LogP contribution < -0.4 is 9.47 Å². The van der Waals surface area contributed by atoms with Crippen LogP contribution in [0.3, 0.4) is 0 Å². The van der Waals surface area contributed by atoms with Crippen molar-refractivity contribution in [1.82, 2.24) is 20.1 Å². The minimum Gasteiger partial charge on any atom is -0.454 e. The maximum absolute atomic E-state index is 5.39. The quantitative estimate of drug-likeness (QED) is 0.400. The lowest BCUT2D eigenvalue weighted by Gasteiger charge is -2.02. The van der Waals surface area contributed by atoms with Gasteiger partial charge in [-0.05, 0) is 24.3 Å². The number of fused-ring (bicyclic) bond motifs is 2. The van der Waals surface area contributed by atoms with Gasteiger partial charge in [-0.1, -0.05) is 35.1 Å². The summed E-state index contributed by atoms with van der Waals surface area (Å²) in [7, 11) is 0.